The van der Waals surface area contributed by atoms with Crippen LogP contribution in [0.5, 0.6) is 0 Å². The van der Waals surface area contributed by atoms with E-state index in [0.717, 1.165) is 16.0 Å². The van der Waals surface area contributed by atoms with Crippen molar-refractivity contribution in [2.24, 2.45) is 5.73 Å². The van der Waals surface area contributed by atoms with Gasteiger partial charge in [-0.3, -0.25) is 0 Å². The molecule has 92 valence electrons. The van der Waals surface area contributed by atoms with Gasteiger partial charge in [0.1, 0.15) is 0 Å². The third-order valence-electron chi connectivity index (χ3n) is 2.22. The molecule has 2 aromatic rings. The number of sulfone groups is 1. The van der Waals surface area contributed by atoms with E-state index >= 15 is 0 Å². The van der Waals surface area contributed by atoms with Gasteiger partial charge in [0, 0.05) is 6.54 Å². The van der Waals surface area contributed by atoms with E-state index < -0.39 is 15.9 Å². The van der Waals surface area contributed by atoms with Gasteiger partial charge in [-0.1, -0.05) is 12.1 Å². The van der Waals surface area contributed by atoms with Crippen molar-refractivity contribution >= 4 is 31.4 Å². The van der Waals surface area contributed by atoms with E-state index in [4.69, 9.17) is 5.73 Å². The Morgan fingerprint density at radius 3 is 2.76 bits per heavy atom. The molecule has 5 nitrogen and oxygen atoms in total. The molecule has 0 aliphatic heterocycles. The second-order valence-electron chi connectivity index (χ2n) is 3.62. The highest BCUT2D eigenvalue weighted by molar-refractivity contribution is 7.93. The van der Waals surface area contributed by atoms with Gasteiger partial charge in [-0.15, -0.1) is 11.3 Å². The Balaban J connectivity index is 2.39. The van der Waals surface area contributed by atoms with E-state index in [2.05, 4.69) is 4.98 Å². The molecule has 1 heterocycles. The summed E-state index contributed by atoms with van der Waals surface area (Å²) in [6.07, 6.45) is -1.05. The van der Waals surface area contributed by atoms with Crippen LogP contribution in [0.25, 0.3) is 10.2 Å². The molecule has 1 atom stereocenters. The highest BCUT2D eigenvalue weighted by Crippen LogP contribution is 2.25. The van der Waals surface area contributed by atoms with Crippen LogP contribution < -0.4 is 5.73 Å². The van der Waals surface area contributed by atoms with E-state index in [-0.39, 0.29) is 16.6 Å². The summed E-state index contributed by atoms with van der Waals surface area (Å²) in [4.78, 5) is 4.05. The number of benzene rings is 1. The van der Waals surface area contributed by atoms with Crippen molar-refractivity contribution in [2.75, 3.05) is 12.3 Å². The van der Waals surface area contributed by atoms with Crippen LogP contribution in [0.2, 0.25) is 0 Å². The molecule has 0 fully saturated rings. The number of aliphatic hydroxyl groups is 1. The fraction of sp³-hybridized carbons (Fsp3) is 0.300. The van der Waals surface area contributed by atoms with Crippen LogP contribution in [0.15, 0.2) is 28.6 Å². The lowest BCUT2D eigenvalue weighted by Crippen LogP contribution is -2.28. The molecule has 0 radical (unpaired) electrons. The summed E-state index contributed by atoms with van der Waals surface area (Å²) in [5.41, 5.74) is 5.85. The molecule has 0 amide bonds. The summed E-state index contributed by atoms with van der Waals surface area (Å²) in [5.74, 6) is -0.386. The number of para-hydroxylation sites is 1. The molecule has 0 unspecified atom stereocenters. The first-order valence-electron chi connectivity index (χ1n) is 4.99. The summed E-state index contributed by atoms with van der Waals surface area (Å²) in [5, 5.41) is 9.30. The molecule has 0 spiro atoms. The largest absolute Gasteiger partial charge is 0.391 e. The average Bonchev–Trinajstić information content (AvgIpc) is 2.72. The number of nitrogens with two attached hydrogens (primary N) is 1. The Hall–Kier alpha value is -1.02. The molecule has 17 heavy (non-hydrogen) atoms. The molecule has 0 bridgehead atoms. The molecule has 3 N–H and O–H groups in total. The van der Waals surface area contributed by atoms with Gasteiger partial charge in [0.25, 0.3) is 0 Å². The number of hydrogen-bond donors (Lipinski definition) is 2. The molecule has 2 rings (SSSR count). The Kier molecular flexibility index (Phi) is 3.43. The van der Waals surface area contributed by atoms with Crippen molar-refractivity contribution in [3.05, 3.63) is 24.3 Å². The van der Waals surface area contributed by atoms with Crippen molar-refractivity contribution in [1.82, 2.24) is 4.98 Å². The van der Waals surface area contributed by atoms with Crippen LogP contribution >= 0.6 is 11.3 Å². The fourth-order valence-electron chi connectivity index (χ4n) is 1.38. The van der Waals surface area contributed by atoms with E-state index in [1.165, 1.54) is 0 Å². The maximum atomic E-state index is 11.9. The van der Waals surface area contributed by atoms with Crippen molar-refractivity contribution in [3.8, 4) is 0 Å². The first-order valence-corrected chi connectivity index (χ1v) is 7.46. The van der Waals surface area contributed by atoms with Crippen LogP contribution in [-0.2, 0) is 9.84 Å². The van der Waals surface area contributed by atoms with Crippen molar-refractivity contribution in [2.45, 2.75) is 10.4 Å². The number of aromatic nitrogens is 1. The van der Waals surface area contributed by atoms with Crippen molar-refractivity contribution < 1.29 is 13.5 Å². The van der Waals surface area contributed by atoms with Crippen LogP contribution in [0, 0.1) is 0 Å². The highest BCUT2D eigenvalue weighted by atomic mass is 32.2. The topological polar surface area (TPSA) is 93.3 Å². The number of nitrogens with zero attached hydrogens (tertiary/aromatic N) is 1. The molecule has 0 aliphatic carbocycles. The zero-order chi connectivity index (χ0) is 12.5. The molecule has 0 aliphatic rings. The first kappa shape index (κ1) is 12.4. The number of thiazole rings is 1. The highest BCUT2D eigenvalue weighted by Gasteiger charge is 2.22. The third kappa shape index (κ3) is 2.63. The summed E-state index contributed by atoms with van der Waals surface area (Å²) in [6, 6.07) is 7.19. The lowest BCUT2D eigenvalue weighted by molar-refractivity contribution is 0.205. The number of aliphatic hydroxyl groups excluding tert-OH is 1. The molecule has 1 aromatic heterocycles. The molecule has 7 heteroatoms. The third-order valence-corrected chi connectivity index (χ3v) is 5.51. The minimum Gasteiger partial charge on any atom is -0.391 e. The first-order chi connectivity index (χ1) is 8.03. The lowest BCUT2D eigenvalue weighted by atomic mass is 10.3. The number of rotatable bonds is 4. The van der Waals surface area contributed by atoms with Gasteiger partial charge in [-0.05, 0) is 12.1 Å². The van der Waals surface area contributed by atoms with Crippen molar-refractivity contribution in [3.63, 3.8) is 0 Å². The minimum absolute atomic E-state index is 0.0335. The zero-order valence-electron chi connectivity index (χ0n) is 8.91. The van der Waals surface area contributed by atoms with Gasteiger partial charge in [0.2, 0.25) is 14.2 Å². The second-order valence-corrected chi connectivity index (χ2v) is 6.86. The van der Waals surface area contributed by atoms with Crippen LogP contribution in [-0.4, -0.2) is 36.9 Å². The van der Waals surface area contributed by atoms with E-state index in [9.17, 15) is 13.5 Å². The van der Waals surface area contributed by atoms with E-state index in [1.807, 2.05) is 12.1 Å². The predicted molar refractivity (Wildman–Crippen MR) is 66.7 cm³/mol. The van der Waals surface area contributed by atoms with E-state index in [0.29, 0.717) is 5.52 Å². The smallest absolute Gasteiger partial charge is 0.210 e. The number of fused-ring (bicyclic) bond motifs is 1. The van der Waals surface area contributed by atoms with Crippen molar-refractivity contribution in [1.29, 1.82) is 0 Å². The molecular weight excluding hydrogens is 260 g/mol. The summed E-state index contributed by atoms with van der Waals surface area (Å²) >= 11 is 1.11. The summed E-state index contributed by atoms with van der Waals surface area (Å²) in [6.45, 7) is -0.0792. The van der Waals surface area contributed by atoms with Gasteiger partial charge in [0.05, 0.1) is 22.1 Å². The minimum atomic E-state index is -3.56. The summed E-state index contributed by atoms with van der Waals surface area (Å²) in [7, 11) is -3.56. The number of hydrogen-bond acceptors (Lipinski definition) is 6. The Morgan fingerprint density at radius 1 is 1.41 bits per heavy atom. The van der Waals surface area contributed by atoms with Gasteiger partial charge in [-0.25, -0.2) is 13.4 Å². The lowest BCUT2D eigenvalue weighted by Gasteiger charge is -2.05. The van der Waals surface area contributed by atoms with Gasteiger partial charge >= 0.3 is 0 Å². The predicted octanol–water partition coefficient (Wildman–Crippen LogP) is 0.390. The SMILES string of the molecule is NC[C@@H](O)CS(=O)(=O)c1nc2ccccc2s1. The standard InChI is InChI=1S/C10H12N2O3S2/c11-5-7(13)6-17(14,15)10-12-8-3-1-2-4-9(8)16-10/h1-4,7,13H,5-6,11H2/t7-/m1/s1. The van der Waals surface area contributed by atoms with Gasteiger partial charge in [-0.2, -0.15) is 0 Å². The Labute approximate surface area is 103 Å². The zero-order valence-corrected chi connectivity index (χ0v) is 10.5. The molecule has 0 saturated heterocycles. The normalized spacial score (nSPS) is 14.0. The van der Waals surface area contributed by atoms with Crippen LogP contribution in [0.3, 0.4) is 0 Å². The maximum absolute atomic E-state index is 11.9. The fourth-order valence-corrected chi connectivity index (χ4v) is 4.08. The Bertz CT molecular complexity index is 588. The van der Waals surface area contributed by atoms with Gasteiger partial charge < -0.3 is 10.8 Å². The summed E-state index contributed by atoms with van der Waals surface area (Å²) < 4.78 is 24.7. The maximum Gasteiger partial charge on any atom is 0.210 e. The van der Waals surface area contributed by atoms with Crippen LogP contribution in [0.1, 0.15) is 0 Å². The molecular formula is C10H12N2O3S2. The van der Waals surface area contributed by atoms with Gasteiger partial charge in [0.15, 0.2) is 0 Å². The second kappa shape index (κ2) is 4.69. The van der Waals surface area contributed by atoms with Crippen LogP contribution in [0.4, 0.5) is 0 Å². The molecule has 0 saturated carbocycles. The Morgan fingerprint density at radius 2 is 2.12 bits per heavy atom. The molecule has 1 aromatic carbocycles. The monoisotopic (exact) mass is 272 g/mol. The van der Waals surface area contributed by atoms with E-state index in [1.54, 1.807) is 12.1 Å². The quantitative estimate of drug-likeness (QED) is 0.839. The average molecular weight is 272 g/mol.